The molecule has 0 N–H and O–H groups in total. The Hall–Kier alpha value is -1.77. The molecule has 0 bridgehead atoms. The lowest BCUT2D eigenvalue weighted by atomic mass is 9.81. The summed E-state index contributed by atoms with van der Waals surface area (Å²) in [5, 5.41) is 1.01. The van der Waals surface area contributed by atoms with Crippen LogP contribution in [0.5, 0.6) is 5.75 Å². The van der Waals surface area contributed by atoms with E-state index in [0.29, 0.717) is 0 Å². The monoisotopic (exact) mass is 251 g/mol. The fraction of sp³-hybridized carbons (Fsp3) is 0.312. The molecule has 2 radical (unpaired) electrons. The van der Waals surface area contributed by atoms with Gasteiger partial charge in [-0.2, -0.15) is 0 Å². The van der Waals surface area contributed by atoms with Crippen LogP contribution in [-0.2, 0) is 0 Å². The molecule has 1 atom stereocenters. The van der Waals surface area contributed by atoms with E-state index in [-0.39, 0.29) is 0 Å². The van der Waals surface area contributed by atoms with Crippen molar-refractivity contribution < 1.29 is 4.74 Å². The number of aromatic nitrogens is 1. The quantitative estimate of drug-likeness (QED) is 0.663. The number of aryl methyl sites for hydroxylation is 1. The predicted molar refractivity (Wildman–Crippen MR) is 81.6 cm³/mol. The highest BCUT2D eigenvalue weighted by Crippen LogP contribution is 2.37. The van der Waals surface area contributed by atoms with Gasteiger partial charge in [-0.25, -0.2) is 0 Å². The molecule has 0 saturated carbocycles. The highest BCUT2D eigenvalue weighted by molar-refractivity contribution is 6.16. The van der Waals surface area contributed by atoms with Gasteiger partial charge in [-0.05, 0) is 26.0 Å². The minimum absolute atomic E-state index is 0.746. The lowest BCUT2D eigenvalue weighted by molar-refractivity contribution is 0.227. The van der Waals surface area contributed by atoms with Gasteiger partial charge < -0.3 is 4.74 Å². The summed E-state index contributed by atoms with van der Waals surface area (Å²) in [7, 11) is 6.00. The van der Waals surface area contributed by atoms with Crippen molar-refractivity contribution >= 4 is 24.8 Å². The Labute approximate surface area is 115 Å². The number of pyridine rings is 1. The molecule has 3 heteroatoms. The number of benzene rings is 1. The second kappa shape index (κ2) is 5.08. The highest BCUT2D eigenvalue weighted by Gasteiger charge is 2.24. The first-order valence-corrected chi connectivity index (χ1v) is 6.63. The number of ether oxygens (including phenoxy) is 1. The van der Waals surface area contributed by atoms with Crippen molar-refractivity contribution in [3.63, 3.8) is 0 Å². The number of fused-ring (bicyclic) bond motifs is 3. The van der Waals surface area contributed by atoms with E-state index in [2.05, 4.69) is 4.98 Å². The van der Waals surface area contributed by atoms with Crippen molar-refractivity contribution in [3.05, 3.63) is 41.6 Å². The molecular formula is C16H18BNO. The third-order valence-corrected chi connectivity index (χ3v) is 2.97. The number of hydrogen-bond donors (Lipinski definition) is 0. The van der Waals surface area contributed by atoms with Crippen LogP contribution in [0.4, 0.5) is 0 Å². The zero-order valence-electron chi connectivity index (χ0n) is 11.9. The van der Waals surface area contributed by atoms with Gasteiger partial charge in [0.1, 0.15) is 13.6 Å². The van der Waals surface area contributed by atoms with Crippen molar-refractivity contribution in [3.8, 4) is 5.75 Å². The van der Waals surface area contributed by atoms with E-state index in [1.54, 1.807) is 0 Å². The first kappa shape index (κ1) is 13.7. The average molecular weight is 251 g/mol. The van der Waals surface area contributed by atoms with Crippen LogP contribution in [-0.4, -0.2) is 18.3 Å². The van der Waals surface area contributed by atoms with Gasteiger partial charge in [0.05, 0.1) is 11.0 Å². The summed E-state index contributed by atoms with van der Waals surface area (Å²) in [6.45, 7) is 7.83. The minimum atomic E-state index is -0.746. The summed E-state index contributed by atoms with van der Waals surface area (Å²) in [6, 6.07) is 7.95. The first-order chi connectivity index (χ1) is 9.07. The van der Waals surface area contributed by atoms with Crippen LogP contribution in [0.3, 0.4) is 0 Å². The van der Waals surface area contributed by atoms with Gasteiger partial charge in [-0.15, -0.1) is 0 Å². The number of hydrogen-bond acceptors (Lipinski definition) is 2. The number of nitrogens with zero attached hydrogens (tertiary/aromatic N) is 1. The van der Waals surface area contributed by atoms with Crippen LogP contribution < -0.4 is 4.74 Å². The molecule has 96 valence electrons. The van der Waals surface area contributed by atoms with E-state index < -0.39 is 5.50 Å². The molecule has 0 amide bonds. The molecule has 2 heterocycles. The second-order valence-corrected chi connectivity index (χ2v) is 4.58. The molecule has 0 aliphatic carbocycles. The fourth-order valence-electron chi connectivity index (χ4n) is 2.12. The fourth-order valence-corrected chi connectivity index (χ4v) is 2.12. The predicted octanol–water partition coefficient (Wildman–Crippen LogP) is 3.86. The third kappa shape index (κ3) is 2.51. The Morgan fingerprint density at radius 2 is 1.89 bits per heavy atom. The van der Waals surface area contributed by atoms with E-state index in [0.717, 1.165) is 27.9 Å². The maximum atomic E-state index is 6.00. The summed E-state index contributed by atoms with van der Waals surface area (Å²) in [5.41, 5.74) is 2.18. The van der Waals surface area contributed by atoms with Crippen molar-refractivity contribution in [2.24, 2.45) is 0 Å². The first-order valence-electron chi connectivity index (χ1n) is 6.63. The largest absolute Gasteiger partial charge is 0.492 e. The molecule has 2 aromatic rings. The zero-order valence-corrected chi connectivity index (χ0v) is 11.9. The standard InChI is InChI=1S/C14H12BNO.C2H6/c1-9-10-7-8-14(2,15)17-13(10)11-5-3-4-6-12(11)16-9;1-2/h3-8H,1-2H3;1-2H3. The third-order valence-electron chi connectivity index (χ3n) is 2.97. The number of para-hydroxylation sites is 1. The van der Waals surface area contributed by atoms with Crippen molar-refractivity contribution in [2.45, 2.75) is 33.2 Å². The lowest BCUT2D eigenvalue weighted by Gasteiger charge is -2.30. The van der Waals surface area contributed by atoms with Crippen LogP contribution in [0.15, 0.2) is 30.3 Å². The summed E-state index contributed by atoms with van der Waals surface area (Å²) in [5.74, 6) is 0.834. The van der Waals surface area contributed by atoms with E-state index in [1.165, 1.54) is 0 Å². The topological polar surface area (TPSA) is 22.1 Å². The molecule has 0 spiro atoms. The van der Waals surface area contributed by atoms with Gasteiger partial charge in [0.25, 0.3) is 0 Å². The Kier molecular flexibility index (Phi) is 3.65. The maximum absolute atomic E-state index is 6.00. The number of rotatable bonds is 0. The summed E-state index contributed by atoms with van der Waals surface area (Å²) >= 11 is 0. The molecule has 1 unspecified atom stereocenters. The summed E-state index contributed by atoms with van der Waals surface area (Å²) in [6.07, 6.45) is 3.85. The Morgan fingerprint density at radius 3 is 2.63 bits per heavy atom. The molecule has 3 rings (SSSR count). The lowest BCUT2D eigenvalue weighted by Crippen LogP contribution is -2.32. The van der Waals surface area contributed by atoms with Crippen molar-refractivity contribution in [1.29, 1.82) is 0 Å². The second-order valence-electron chi connectivity index (χ2n) is 4.58. The van der Waals surface area contributed by atoms with Crippen LogP contribution >= 0.6 is 0 Å². The van der Waals surface area contributed by atoms with Crippen LogP contribution in [0.1, 0.15) is 32.0 Å². The van der Waals surface area contributed by atoms with E-state index >= 15 is 0 Å². The summed E-state index contributed by atoms with van der Waals surface area (Å²) in [4.78, 5) is 4.56. The molecule has 19 heavy (non-hydrogen) atoms. The average Bonchev–Trinajstić information content (AvgIpc) is 2.40. The van der Waals surface area contributed by atoms with E-state index in [4.69, 9.17) is 12.6 Å². The highest BCUT2D eigenvalue weighted by atomic mass is 16.5. The molecule has 2 nitrogen and oxygen atoms in total. The maximum Gasteiger partial charge on any atom is 0.137 e. The van der Waals surface area contributed by atoms with Crippen LogP contribution in [0, 0.1) is 6.92 Å². The minimum Gasteiger partial charge on any atom is -0.492 e. The zero-order chi connectivity index (χ0) is 14.0. The van der Waals surface area contributed by atoms with E-state index in [1.807, 2.05) is 64.1 Å². The molecular weight excluding hydrogens is 233 g/mol. The molecule has 1 aliphatic rings. The Bertz CT molecular complexity index is 632. The van der Waals surface area contributed by atoms with Gasteiger partial charge >= 0.3 is 0 Å². The molecule has 0 fully saturated rings. The smallest absolute Gasteiger partial charge is 0.137 e. The normalized spacial score (nSPS) is 20.2. The molecule has 0 saturated heterocycles. The van der Waals surface area contributed by atoms with E-state index in [9.17, 15) is 0 Å². The SMILES string of the molecule is CC.[B]C1(C)C=Cc2c(C)nc3ccccc3c2O1. The van der Waals surface area contributed by atoms with Gasteiger partial charge in [0.15, 0.2) is 0 Å². The summed E-state index contributed by atoms with van der Waals surface area (Å²) < 4.78 is 5.86. The van der Waals surface area contributed by atoms with Gasteiger partial charge in [-0.1, -0.05) is 38.1 Å². The van der Waals surface area contributed by atoms with Crippen molar-refractivity contribution in [1.82, 2.24) is 4.98 Å². The Morgan fingerprint density at radius 1 is 1.21 bits per heavy atom. The van der Waals surface area contributed by atoms with Gasteiger partial charge in [0.2, 0.25) is 0 Å². The van der Waals surface area contributed by atoms with Gasteiger partial charge in [-0.3, -0.25) is 4.98 Å². The van der Waals surface area contributed by atoms with Crippen LogP contribution in [0.25, 0.3) is 17.0 Å². The molecule has 1 aromatic heterocycles. The molecule has 1 aromatic carbocycles. The molecule has 1 aliphatic heterocycles. The Balaban J connectivity index is 0.000000637. The van der Waals surface area contributed by atoms with Crippen molar-refractivity contribution in [2.75, 3.05) is 0 Å². The van der Waals surface area contributed by atoms with Gasteiger partial charge in [0, 0.05) is 16.6 Å². The van der Waals surface area contributed by atoms with Crippen LogP contribution in [0.2, 0.25) is 0 Å².